The SMILES string of the molecule is C=CC(=O)Nc1cccc(-c2cc(CN3CCOCC3)cc(NC(=O)NC)n2)c1. The van der Waals surface area contributed by atoms with Gasteiger partial charge in [-0.2, -0.15) is 0 Å². The molecule has 0 radical (unpaired) electrons. The summed E-state index contributed by atoms with van der Waals surface area (Å²) in [6.45, 7) is 7.35. The van der Waals surface area contributed by atoms with Gasteiger partial charge in [0, 0.05) is 37.9 Å². The highest BCUT2D eigenvalue weighted by Gasteiger charge is 2.14. The molecule has 1 saturated heterocycles. The number of benzene rings is 1. The van der Waals surface area contributed by atoms with Crippen LogP contribution in [0.3, 0.4) is 0 Å². The molecule has 1 aromatic heterocycles. The molecule has 0 aliphatic carbocycles. The maximum absolute atomic E-state index is 11.8. The fraction of sp³-hybridized carbons (Fsp3) is 0.286. The molecule has 0 spiro atoms. The number of rotatable bonds is 6. The predicted octanol–water partition coefficient (Wildman–Crippen LogP) is 2.46. The van der Waals surface area contributed by atoms with Crippen molar-refractivity contribution in [3.05, 3.63) is 54.6 Å². The van der Waals surface area contributed by atoms with Crippen LogP contribution in [0.5, 0.6) is 0 Å². The first kappa shape index (κ1) is 20.5. The van der Waals surface area contributed by atoms with Crippen molar-refractivity contribution in [1.29, 1.82) is 0 Å². The quantitative estimate of drug-likeness (QED) is 0.653. The van der Waals surface area contributed by atoms with Crippen molar-refractivity contribution in [2.45, 2.75) is 6.54 Å². The molecule has 0 atom stereocenters. The van der Waals surface area contributed by atoms with Gasteiger partial charge in [-0.1, -0.05) is 18.7 Å². The van der Waals surface area contributed by atoms with Crippen molar-refractivity contribution in [2.24, 2.45) is 0 Å². The highest BCUT2D eigenvalue weighted by Crippen LogP contribution is 2.25. The Morgan fingerprint density at radius 3 is 2.72 bits per heavy atom. The summed E-state index contributed by atoms with van der Waals surface area (Å²) in [6, 6.07) is 10.9. The van der Waals surface area contributed by atoms with Crippen molar-refractivity contribution >= 4 is 23.4 Å². The molecule has 2 aromatic rings. The average Bonchev–Trinajstić information content (AvgIpc) is 2.74. The Bertz CT molecular complexity index is 894. The zero-order valence-electron chi connectivity index (χ0n) is 16.4. The van der Waals surface area contributed by atoms with E-state index in [1.54, 1.807) is 13.1 Å². The maximum Gasteiger partial charge on any atom is 0.320 e. The van der Waals surface area contributed by atoms with Crippen LogP contribution in [0, 0.1) is 0 Å². The molecule has 2 heterocycles. The van der Waals surface area contributed by atoms with Crippen molar-refractivity contribution in [2.75, 3.05) is 44.0 Å². The molecule has 3 amide bonds. The minimum absolute atomic E-state index is 0.279. The first-order valence-corrected chi connectivity index (χ1v) is 9.41. The number of aromatic nitrogens is 1. The second-order valence-corrected chi connectivity index (χ2v) is 6.61. The Morgan fingerprint density at radius 2 is 2.00 bits per heavy atom. The van der Waals surface area contributed by atoms with Gasteiger partial charge in [0.2, 0.25) is 5.91 Å². The maximum atomic E-state index is 11.8. The van der Waals surface area contributed by atoms with Crippen LogP contribution in [0.1, 0.15) is 5.56 Å². The summed E-state index contributed by atoms with van der Waals surface area (Å²) >= 11 is 0. The van der Waals surface area contributed by atoms with E-state index in [0.717, 1.165) is 30.8 Å². The van der Waals surface area contributed by atoms with Crippen LogP contribution in [-0.2, 0) is 16.1 Å². The van der Waals surface area contributed by atoms with Crippen molar-refractivity contribution < 1.29 is 14.3 Å². The zero-order valence-corrected chi connectivity index (χ0v) is 16.4. The molecule has 8 heteroatoms. The second kappa shape index (κ2) is 9.81. The van der Waals surface area contributed by atoms with E-state index < -0.39 is 0 Å². The largest absolute Gasteiger partial charge is 0.379 e. The number of carbonyl (C=O) groups is 2. The molecule has 152 valence electrons. The number of ether oxygens (including phenoxy) is 1. The molecule has 1 aliphatic rings. The normalized spacial score (nSPS) is 14.1. The molecule has 1 aliphatic heterocycles. The molecule has 0 saturated carbocycles. The van der Waals surface area contributed by atoms with Crippen LogP contribution in [0.15, 0.2) is 49.1 Å². The van der Waals surface area contributed by atoms with Crippen LogP contribution in [0.4, 0.5) is 16.3 Å². The fourth-order valence-electron chi connectivity index (χ4n) is 3.04. The number of hydrogen-bond donors (Lipinski definition) is 3. The van der Waals surface area contributed by atoms with Gasteiger partial charge in [-0.3, -0.25) is 15.0 Å². The number of nitrogens with one attached hydrogen (secondary N) is 3. The summed E-state index contributed by atoms with van der Waals surface area (Å²) in [5, 5.41) is 8.04. The Hall–Kier alpha value is -3.23. The molecule has 1 fully saturated rings. The highest BCUT2D eigenvalue weighted by atomic mass is 16.5. The van der Waals surface area contributed by atoms with Gasteiger partial charge in [0.25, 0.3) is 0 Å². The lowest BCUT2D eigenvalue weighted by Crippen LogP contribution is -2.35. The molecule has 8 nitrogen and oxygen atoms in total. The van der Waals surface area contributed by atoms with Crippen molar-refractivity contribution in [3.8, 4) is 11.3 Å². The van der Waals surface area contributed by atoms with Gasteiger partial charge < -0.3 is 15.4 Å². The number of morpholine rings is 1. The van der Waals surface area contributed by atoms with Crippen LogP contribution in [0.2, 0.25) is 0 Å². The molecule has 0 unspecified atom stereocenters. The van der Waals surface area contributed by atoms with E-state index in [4.69, 9.17) is 4.74 Å². The summed E-state index contributed by atoms with van der Waals surface area (Å²) in [4.78, 5) is 30.3. The van der Waals surface area contributed by atoms with E-state index in [2.05, 4.69) is 32.4 Å². The average molecular weight is 395 g/mol. The van der Waals surface area contributed by atoms with E-state index in [1.807, 2.05) is 30.3 Å². The Kier molecular flexibility index (Phi) is 6.94. The molecular formula is C21H25N5O3. The van der Waals surface area contributed by atoms with Crippen molar-refractivity contribution in [1.82, 2.24) is 15.2 Å². The minimum atomic E-state index is -0.334. The number of anilines is 2. The summed E-state index contributed by atoms with van der Waals surface area (Å²) in [5.74, 6) is 0.184. The molecule has 0 bridgehead atoms. The minimum Gasteiger partial charge on any atom is -0.379 e. The van der Waals surface area contributed by atoms with E-state index in [1.165, 1.54) is 6.08 Å². The van der Waals surface area contributed by atoms with Crippen LogP contribution >= 0.6 is 0 Å². The van der Waals surface area contributed by atoms with E-state index in [9.17, 15) is 9.59 Å². The van der Waals surface area contributed by atoms with Crippen LogP contribution < -0.4 is 16.0 Å². The van der Waals surface area contributed by atoms with Gasteiger partial charge in [-0.25, -0.2) is 9.78 Å². The van der Waals surface area contributed by atoms with E-state index >= 15 is 0 Å². The molecule has 3 rings (SSSR count). The fourth-order valence-corrected chi connectivity index (χ4v) is 3.04. The highest BCUT2D eigenvalue weighted by molar-refractivity contribution is 5.99. The summed E-state index contributed by atoms with van der Waals surface area (Å²) in [7, 11) is 1.56. The van der Waals surface area contributed by atoms with Gasteiger partial charge in [0.05, 0.1) is 18.9 Å². The van der Waals surface area contributed by atoms with Gasteiger partial charge in [0.15, 0.2) is 0 Å². The summed E-state index contributed by atoms with van der Waals surface area (Å²) in [6.07, 6.45) is 1.22. The van der Waals surface area contributed by atoms with Gasteiger partial charge >= 0.3 is 6.03 Å². The number of nitrogens with zero attached hydrogens (tertiary/aromatic N) is 2. The first-order chi connectivity index (χ1) is 14.1. The van der Waals surface area contributed by atoms with Crippen LogP contribution in [0.25, 0.3) is 11.3 Å². The van der Waals surface area contributed by atoms with E-state index in [-0.39, 0.29) is 11.9 Å². The number of pyridine rings is 1. The monoisotopic (exact) mass is 395 g/mol. The second-order valence-electron chi connectivity index (χ2n) is 6.61. The number of urea groups is 1. The van der Waals surface area contributed by atoms with Gasteiger partial charge in [-0.15, -0.1) is 0 Å². The van der Waals surface area contributed by atoms with Crippen molar-refractivity contribution in [3.63, 3.8) is 0 Å². The lowest BCUT2D eigenvalue weighted by Gasteiger charge is -2.26. The summed E-state index contributed by atoms with van der Waals surface area (Å²) < 4.78 is 5.41. The number of hydrogen-bond acceptors (Lipinski definition) is 5. The lowest BCUT2D eigenvalue weighted by atomic mass is 10.1. The Labute approximate surface area is 170 Å². The lowest BCUT2D eigenvalue weighted by molar-refractivity contribution is -0.111. The molecule has 29 heavy (non-hydrogen) atoms. The number of amides is 3. The standard InChI is InChI=1S/C21H25N5O3/c1-3-20(27)23-17-6-4-5-16(13-17)18-11-15(14-26-7-9-29-10-8-26)12-19(24-18)25-21(28)22-2/h3-6,11-13H,1,7-10,14H2,2H3,(H,23,27)(H2,22,24,25,28). The Morgan fingerprint density at radius 1 is 1.21 bits per heavy atom. The molecular weight excluding hydrogens is 370 g/mol. The Balaban J connectivity index is 1.91. The third-order valence-corrected chi connectivity index (χ3v) is 4.47. The van der Waals surface area contributed by atoms with Gasteiger partial charge in [0.1, 0.15) is 5.82 Å². The third kappa shape index (κ3) is 5.87. The zero-order chi connectivity index (χ0) is 20.6. The van der Waals surface area contributed by atoms with E-state index in [0.29, 0.717) is 30.4 Å². The number of carbonyl (C=O) groups excluding carboxylic acids is 2. The topological polar surface area (TPSA) is 95.6 Å². The molecule has 3 N–H and O–H groups in total. The summed E-state index contributed by atoms with van der Waals surface area (Å²) in [5.41, 5.74) is 3.21. The van der Waals surface area contributed by atoms with Gasteiger partial charge in [-0.05, 0) is 35.9 Å². The first-order valence-electron chi connectivity index (χ1n) is 9.41. The third-order valence-electron chi connectivity index (χ3n) is 4.47. The smallest absolute Gasteiger partial charge is 0.320 e. The molecule has 1 aromatic carbocycles. The van der Waals surface area contributed by atoms with Crippen LogP contribution in [-0.4, -0.2) is 55.2 Å². The predicted molar refractivity (Wildman–Crippen MR) is 113 cm³/mol.